The van der Waals surface area contributed by atoms with Crippen LogP contribution < -0.4 is 0 Å². The Morgan fingerprint density at radius 3 is 2.47 bits per heavy atom. The number of nitriles is 1. The van der Waals surface area contributed by atoms with Crippen molar-refractivity contribution in [3.05, 3.63) is 35.9 Å². The smallest absolute Gasteiger partial charge is 0.0662 e. The van der Waals surface area contributed by atoms with Crippen LogP contribution in [-0.4, -0.2) is 0 Å². The van der Waals surface area contributed by atoms with E-state index >= 15 is 0 Å². The standard InChI is InChI=1S/C14H17N/c15-11-13-9-5-2-6-10-14(13)12-7-3-1-4-8-12/h1,3-4,7-8,13-14H,2,5-6,9-10H2. The lowest BCUT2D eigenvalue weighted by molar-refractivity contribution is 0.490. The molecular weight excluding hydrogens is 182 g/mol. The van der Waals surface area contributed by atoms with E-state index in [0.29, 0.717) is 5.92 Å². The van der Waals surface area contributed by atoms with Crippen molar-refractivity contribution in [1.29, 1.82) is 5.26 Å². The zero-order valence-corrected chi connectivity index (χ0v) is 9.02. The lowest BCUT2D eigenvalue weighted by atomic mass is 9.83. The molecule has 0 amide bonds. The highest BCUT2D eigenvalue weighted by atomic mass is 14.3. The second kappa shape index (κ2) is 4.98. The van der Waals surface area contributed by atoms with E-state index in [4.69, 9.17) is 0 Å². The van der Waals surface area contributed by atoms with E-state index < -0.39 is 0 Å². The van der Waals surface area contributed by atoms with Gasteiger partial charge in [-0.15, -0.1) is 0 Å². The van der Waals surface area contributed by atoms with Crippen LogP contribution in [0.4, 0.5) is 0 Å². The summed E-state index contributed by atoms with van der Waals surface area (Å²) < 4.78 is 0. The van der Waals surface area contributed by atoms with Gasteiger partial charge in [-0.1, -0.05) is 49.6 Å². The summed E-state index contributed by atoms with van der Waals surface area (Å²) in [7, 11) is 0. The second-order valence-electron chi connectivity index (χ2n) is 4.39. The van der Waals surface area contributed by atoms with Gasteiger partial charge in [0.2, 0.25) is 0 Å². The van der Waals surface area contributed by atoms with Gasteiger partial charge in [-0.25, -0.2) is 0 Å². The van der Waals surface area contributed by atoms with E-state index in [2.05, 4.69) is 30.3 Å². The van der Waals surface area contributed by atoms with Crippen LogP contribution in [0.25, 0.3) is 0 Å². The van der Waals surface area contributed by atoms with Crippen molar-refractivity contribution in [3.63, 3.8) is 0 Å². The van der Waals surface area contributed by atoms with Gasteiger partial charge in [0.15, 0.2) is 0 Å². The minimum atomic E-state index is 0.231. The summed E-state index contributed by atoms with van der Waals surface area (Å²) in [5, 5.41) is 9.20. The third-order valence-electron chi connectivity index (χ3n) is 3.41. The molecule has 0 spiro atoms. The summed E-state index contributed by atoms with van der Waals surface area (Å²) in [6, 6.07) is 13.0. The summed E-state index contributed by atoms with van der Waals surface area (Å²) >= 11 is 0. The summed E-state index contributed by atoms with van der Waals surface area (Å²) in [6.07, 6.45) is 6.05. The van der Waals surface area contributed by atoms with Crippen molar-refractivity contribution in [2.75, 3.05) is 0 Å². The van der Waals surface area contributed by atoms with Crippen molar-refractivity contribution >= 4 is 0 Å². The molecule has 1 fully saturated rings. The first-order valence-electron chi connectivity index (χ1n) is 5.86. The van der Waals surface area contributed by atoms with Crippen molar-refractivity contribution in [2.24, 2.45) is 5.92 Å². The highest BCUT2D eigenvalue weighted by Crippen LogP contribution is 2.35. The highest BCUT2D eigenvalue weighted by Gasteiger charge is 2.24. The quantitative estimate of drug-likeness (QED) is 0.630. The Labute approximate surface area is 91.7 Å². The summed E-state index contributed by atoms with van der Waals surface area (Å²) in [5.74, 6) is 0.702. The first kappa shape index (κ1) is 10.2. The molecule has 1 saturated carbocycles. The zero-order valence-electron chi connectivity index (χ0n) is 9.02. The lowest BCUT2D eigenvalue weighted by Gasteiger charge is -2.19. The Balaban J connectivity index is 2.21. The lowest BCUT2D eigenvalue weighted by Crippen LogP contribution is -2.09. The molecule has 15 heavy (non-hydrogen) atoms. The maximum Gasteiger partial charge on any atom is 0.0662 e. The molecule has 0 heterocycles. The second-order valence-corrected chi connectivity index (χ2v) is 4.39. The number of hydrogen-bond acceptors (Lipinski definition) is 1. The van der Waals surface area contributed by atoms with Gasteiger partial charge in [0.25, 0.3) is 0 Å². The van der Waals surface area contributed by atoms with Gasteiger partial charge in [0.1, 0.15) is 0 Å². The van der Waals surface area contributed by atoms with Gasteiger partial charge in [-0.2, -0.15) is 5.26 Å². The Morgan fingerprint density at radius 1 is 1.00 bits per heavy atom. The Kier molecular flexibility index (Phi) is 3.40. The van der Waals surface area contributed by atoms with Crippen molar-refractivity contribution < 1.29 is 0 Å². The molecule has 0 bridgehead atoms. The molecule has 1 aliphatic carbocycles. The van der Waals surface area contributed by atoms with E-state index in [9.17, 15) is 5.26 Å². The Hall–Kier alpha value is -1.29. The normalized spacial score (nSPS) is 26.6. The van der Waals surface area contributed by atoms with Crippen LogP contribution in [0.1, 0.15) is 43.6 Å². The molecule has 0 aromatic heterocycles. The van der Waals surface area contributed by atoms with Crippen LogP contribution in [0.2, 0.25) is 0 Å². The summed E-state index contributed by atoms with van der Waals surface area (Å²) in [6.45, 7) is 0. The molecule has 2 atom stereocenters. The van der Waals surface area contributed by atoms with Crippen LogP contribution >= 0.6 is 0 Å². The molecular formula is C14H17N. The van der Waals surface area contributed by atoms with Gasteiger partial charge >= 0.3 is 0 Å². The predicted molar refractivity (Wildman–Crippen MR) is 61.4 cm³/mol. The molecule has 1 heteroatoms. The van der Waals surface area contributed by atoms with Gasteiger partial charge < -0.3 is 0 Å². The molecule has 0 aliphatic heterocycles. The molecule has 78 valence electrons. The van der Waals surface area contributed by atoms with Crippen LogP contribution in [0.5, 0.6) is 0 Å². The maximum atomic E-state index is 9.20. The molecule has 1 nitrogen and oxygen atoms in total. The summed E-state index contributed by atoms with van der Waals surface area (Å²) in [4.78, 5) is 0. The van der Waals surface area contributed by atoms with Gasteiger partial charge in [-0.05, 0) is 24.3 Å². The van der Waals surface area contributed by atoms with Crippen LogP contribution in [-0.2, 0) is 0 Å². The fraction of sp³-hybridized carbons (Fsp3) is 0.500. The van der Waals surface area contributed by atoms with E-state index in [1.54, 1.807) is 0 Å². The van der Waals surface area contributed by atoms with Gasteiger partial charge in [0.05, 0.1) is 12.0 Å². The average Bonchev–Trinajstić information content (AvgIpc) is 2.55. The van der Waals surface area contributed by atoms with Gasteiger partial charge in [0, 0.05) is 0 Å². The van der Waals surface area contributed by atoms with Crippen molar-refractivity contribution in [1.82, 2.24) is 0 Å². The fourth-order valence-corrected chi connectivity index (χ4v) is 2.56. The molecule has 2 unspecified atom stereocenters. The van der Waals surface area contributed by atoms with Crippen LogP contribution in [0.3, 0.4) is 0 Å². The van der Waals surface area contributed by atoms with E-state index in [1.807, 2.05) is 6.07 Å². The minimum absolute atomic E-state index is 0.231. The molecule has 1 aliphatic rings. The number of hydrogen-bond donors (Lipinski definition) is 0. The highest BCUT2D eigenvalue weighted by molar-refractivity contribution is 5.22. The van der Waals surface area contributed by atoms with E-state index in [0.717, 1.165) is 6.42 Å². The summed E-state index contributed by atoms with van der Waals surface area (Å²) in [5.41, 5.74) is 1.35. The minimum Gasteiger partial charge on any atom is -0.198 e. The molecule has 0 saturated heterocycles. The predicted octanol–water partition coefficient (Wildman–Crippen LogP) is 3.87. The third-order valence-corrected chi connectivity index (χ3v) is 3.41. The monoisotopic (exact) mass is 199 g/mol. The molecule has 2 rings (SSSR count). The van der Waals surface area contributed by atoms with E-state index in [-0.39, 0.29) is 5.92 Å². The SMILES string of the molecule is N#CC1CCCCCC1c1ccccc1. The van der Waals surface area contributed by atoms with Crippen LogP contribution in [0, 0.1) is 17.2 Å². The maximum absolute atomic E-state index is 9.20. The third kappa shape index (κ3) is 2.39. The van der Waals surface area contributed by atoms with E-state index in [1.165, 1.54) is 31.2 Å². The van der Waals surface area contributed by atoms with Crippen LogP contribution in [0.15, 0.2) is 30.3 Å². The molecule has 0 radical (unpaired) electrons. The topological polar surface area (TPSA) is 23.8 Å². The largest absolute Gasteiger partial charge is 0.198 e. The number of nitrogens with zero attached hydrogens (tertiary/aromatic N) is 1. The van der Waals surface area contributed by atoms with Crippen molar-refractivity contribution in [3.8, 4) is 6.07 Å². The van der Waals surface area contributed by atoms with Gasteiger partial charge in [-0.3, -0.25) is 0 Å². The number of benzene rings is 1. The molecule has 0 N–H and O–H groups in total. The first-order valence-corrected chi connectivity index (χ1v) is 5.86. The average molecular weight is 199 g/mol. The Bertz CT molecular complexity index is 336. The number of rotatable bonds is 1. The molecule has 1 aromatic carbocycles. The molecule has 1 aromatic rings. The first-order chi connectivity index (χ1) is 7.42. The zero-order chi connectivity index (χ0) is 10.5. The Morgan fingerprint density at radius 2 is 1.73 bits per heavy atom. The van der Waals surface area contributed by atoms with Crippen molar-refractivity contribution in [2.45, 2.75) is 38.0 Å². The fourth-order valence-electron chi connectivity index (χ4n) is 2.56.